The number of hydrogen-bond donors (Lipinski definition) is 2. The zero-order valence-electron chi connectivity index (χ0n) is 11.9. The molecule has 0 saturated heterocycles. The lowest BCUT2D eigenvalue weighted by Gasteiger charge is -2.38. The van der Waals surface area contributed by atoms with Gasteiger partial charge in [-0.25, -0.2) is 0 Å². The van der Waals surface area contributed by atoms with E-state index in [1.54, 1.807) is 0 Å². The van der Waals surface area contributed by atoms with E-state index in [-0.39, 0.29) is 25.2 Å². The zero-order chi connectivity index (χ0) is 15.5. The Morgan fingerprint density at radius 3 is 2.62 bits per heavy atom. The minimum Gasteiger partial charge on any atom is -0.480 e. The fourth-order valence-corrected chi connectivity index (χ4v) is 2.89. The first-order valence-electron chi connectivity index (χ1n) is 7.50. The molecule has 0 radical (unpaired) electrons. The van der Waals surface area contributed by atoms with E-state index in [4.69, 9.17) is 4.74 Å². The summed E-state index contributed by atoms with van der Waals surface area (Å²) in [4.78, 5) is 11.6. The van der Waals surface area contributed by atoms with Crippen LogP contribution in [0.25, 0.3) is 0 Å². The predicted molar refractivity (Wildman–Crippen MR) is 70.0 cm³/mol. The monoisotopic (exact) mass is 309 g/mol. The normalized spacial score (nSPS) is 30.3. The Hall–Kier alpha value is -0.820. The smallest absolute Gasteiger partial charge is 0.389 e. The van der Waals surface area contributed by atoms with Crippen LogP contribution in [0.4, 0.5) is 13.2 Å². The summed E-state index contributed by atoms with van der Waals surface area (Å²) in [5, 5.41) is 12.7. The molecule has 4 nitrogen and oxygen atoms in total. The lowest BCUT2D eigenvalue weighted by atomic mass is 9.80. The van der Waals surface area contributed by atoms with E-state index in [0.29, 0.717) is 19.3 Å². The summed E-state index contributed by atoms with van der Waals surface area (Å²) >= 11 is 0. The minimum atomic E-state index is -4.16. The van der Waals surface area contributed by atoms with Crippen LogP contribution in [0.1, 0.15) is 51.4 Å². The molecular weight excluding hydrogens is 287 g/mol. The molecule has 2 atom stereocenters. The van der Waals surface area contributed by atoms with Gasteiger partial charge in [0.2, 0.25) is 0 Å². The topological polar surface area (TPSA) is 58.6 Å². The third-order valence-electron chi connectivity index (χ3n) is 4.13. The molecule has 0 heterocycles. The highest BCUT2D eigenvalue weighted by Gasteiger charge is 2.46. The Labute approximate surface area is 122 Å². The summed E-state index contributed by atoms with van der Waals surface area (Å²) < 4.78 is 41.7. The van der Waals surface area contributed by atoms with Crippen molar-refractivity contribution < 1.29 is 27.8 Å². The second-order valence-electron chi connectivity index (χ2n) is 6.11. The van der Waals surface area contributed by atoms with Gasteiger partial charge >= 0.3 is 12.1 Å². The van der Waals surface area contributed by atoms with E-state index < -0.39 is 24.1 Å². The molecule has 0 aromatic rings. The van der Waals surface area contributed by atoms with E-state index in [1.165, 1.54) is 0 Å². The number of nitrogens with one attached hydrogen (secondary N) is 1. The third kappa shape index (κ3) is 5.14. The molecule has 7 heteroatoms. The first kappa shape index (κ1) is 16.5. The van der Waals surface area contributed by atoms with Crippen molar-refractivity contribution in [2.24, 2.45) is 0 Å². The van der Waals surface area contributed by atoms with Crippen molar-refractivity contribution in [3.8, 4) is 0 Å². The Morgan fingerprint density at radius 2 is 2.05 bits per heavy atom. The Morgan fingerprint density at radius 1 is 1.33 bits per heavy atom. The van der Waals surface area contributed by atoms with Crippen molar-refractivity contribution in [1.29, 1.82) is 0 Å². The SMILES string of the molecule is O=C(O)C1(NC2CC2)CCCC(OCCCC(F)(F)F)C1. The highest BCUT2D eigenvalue weighted by Crippen LogP contribution is 2.34. The molecule has 0 aliphatic heterocycles. The molecule has 0 bridgehead atoms. The number of rotatable bonds is 7. The molecule has 2 rings (SSSR count). The van der Waals surface area contributed by atoms with Gasteiger partial charge in [0, 0.05) is 25.5 Å². The van der Waals surface area contributed by atoms with Crippen LogP contribution in [0, 0.1) is 0 Å². The van der Waals surface area contributed by atoms with Crippen molar-refractivity contribution in [2.75, 3.05) is 6.61 Å². The molecule has 2 fully saturated rings. The Kier molecular flexibility index (Phi) is 5.14. The van der Waals surface area contributed by atoms with Gasteiger partial charge < -0.3 is 9.84 Å². The van der Waals surface area contributed by atoms with Crippen molar-refractivity contribution in [1.82, 2.24) is 5.32 Å². The van der Waals surface area contributed by atoms with Crippen LogP contribution in [0.15, 0.2) is 0 Å². The molecule has 2 N–H and O–H groups in total. The van der Waals surface area contributed by atoms with Crippen LogP contribution in [0.5, 0.6) is 0 Å². The van der Waals surface area contributed by atoms with E-state index in [0.717, 1.165) is 19.3 Å². The summed E-state index contributed by atoms with van der Waals surface area (Å²) in [6, 6.07) is 0.269. The molecule has 2 saturated carbocycles. The first-order chi connectivity index (χ1) is 9.81. The van der Waals surface area contributed by atoms with E-state index >= 15 is 0 Å². The molecule has 2 aliphatic rings. The number of alkyl halides is 3. The van der Waals surface area contributed by atoms with Gasteiger partial charge in [-0.2, -0.15) is 13.2 Å². The number of aliphatic carboxylic acids is 1. The van der Waals surface area contributed by atoms with Crippen LogP contribution in [0.3, 0.4) is 0 Å². The maximum absolute atomic E-state index is 12.1. The minimum absolute atomic E-state index is 0.0311. The van der Waals surface area contributed by atoms with Crippen LogP contribution < -0.4 is 5.32 Å². The molecule has 2 unspecified atom stereocenters. The van der Waals surface area contributed by atoms with Gasteiger partial charge in [0.15, 0.2) is 0 Å². The Bertz CT molecular complexity index is 371. The fourth-order valence-electron chi connectivity index (χ4n) is 2.89. The quantitative estimate of drug-likeness (QED) is 0.710. The lowest BCUT2D eigenvalue weighted by molar-refractivity contribution is -0.150. The summed E-state index contributed by atoms with van der Waals surface area (Å²) in [5.74, 6) is -0.877. The van der Waals surface area contributed by atoms with Crippen LogP contribution >= 0.6 is 0 Å². The predicted octanol–water partition coefficient (Wildman–Crippen LogP) is 2.86. The molecule has 0 aromatic carbocycles. The van der Waals surface area contributed by atoms with Gasteiger partial charge in [-0.05, 0) is 38.5 Å². The summed E-state index contributed by atoms with van der Waals surface area (Å²) in [7, 11) is 0. The number of hydrogen-bond acceptors (Lipinski definition) is 3. The van der Waals surface area contributed by atoms with Gasteiger partial charge in [0.1, 0.15) is 5.54 Å². The van der Waals surface area contributed by atoms with Crippen molar-refractivity contribution in [3.05, 3.63) is 0 Å². The molecule has 122 valence electrons. The summed E-state index contributed by atoms with van der Waals surface area (Å²) in [5.41, 5.74) is -0.964. The van der Waals surface area contributed by atoms with E-state index in [9.17, 15) is 23.1 Å². The zero-order valence-corrected chi connectivity index (χ0v) is 11.9. The third-order valence-corrected chi connectivity index (χ3v) is 4.13. The molecule has 2 aliphatic carbocycles. The van der Waals surface area contributed by atoms with Gasteiger partial charge in [-0.3, -0.25) is 10.1 Å². The largest absolute Gasteiger partial charge is 0.480 e. The van der Waals surface area contributed by atoms with Crippen LogP contribution in [-0.2, 0) is 9.53 Å². The van der Waals surface area contributed by atoms with Gasteiger partial charge in [0.05, 0.1) is 6.10 Å². The number of carbonyl (C=O) groups is 1. The van der Waals surface area contributed by atoms with E-state index in [1.807, 2.05) is 0 Å². The number of halogens is 3. The molecule has 21 heavy (non-hydrogen) atoms. The molecule has 0 amide bonds. The highest BCUT2D eigenvalue weighted by atomic mass is 19.4. The molecule has 0 spiro atoms. The second-order valence-corrected chi connectivity index (χ2v) is 6.11. The Balaban J connectivity index is 1.80. The first-order valence-corrected chi connectivity index (χ1v) is 7.50. The van der Waals surface area contributed by atoms with Gasteiger partial charge in [-0.15, -0.1) is 0 Å². The average molecular weight is 309 g/mol. The van der Waals surface area contributed by atoms with Crippen molar-refractivity contribution in [2.45, 2.75) is 75.2 Å². The van der Waals surface area contributed by atoms with Crippen LogP contribution in [-0.4, -0.2) is 41.5 Å². The van der Waals surface area contributed by atoms with Gasteiger partial charge in [-0.1, -0.05) is 0 Å². The second kappa shape index (κ2) is 6.52. The maximum atomic E-state index is 12.1. The van der Waals surface area contributed by atoms with E-state index in [2.05, 4.69) is 5.32 Å². The maximum Gasteiger partial charge on any atom is 0.389 e. The number of carboxylic acids is 1. The summed E-state index contributed by atoms with van der Waals surface area (Å²) in [6.07, 6.45) is -1.04. The lowest BCUT2D eigenvalue weighted by Crippen LogP contribution is -2.57. The van der Waals surface area contributed by atoms with Gasteiger partial charge in [0.25, 0.3) is 0 Å². The number of carboxylic acid groups (broad SMARTS) is 1. The highest BCUT2D eigenvalue weighted by molar-refractivity contribution is 5.79. The van der Waals surface area contributed by atoms with Crippen molar-refractivity contribution in [3.63, 3.8) is 0 Å². The van der Waals surface area contributed by atoms with Crippen molar-refractivity contribution >= 4 is 5.97 Å². The number of ether oxygens (including phenoxy) is 1. The standard InChI is InChI=1S/C14H22F3NO3/c15-14(16,17)7-2-8-21-11-3-1-6-13(9-11,12(19)20)18-10-4-5-10/h10-11,18H,1-9H2,(H,19,20). The average Bonchev–Trinajstić information content (AvgIpc) is 3.18. The van der Waals surface area contributed by atoms with Crippen LogP contribution in [0.2, 0.25) is 0 Å². The fraction of sp³-hybridized carbons (Fsp3) is 0.929. The molecular formula is C14H22F3NO3. The summed E-state index contributed by atoms with van der Waals surface area (Å²) in [6.45, 7) is 0.0311. The molecule has 0 aromatic heterocycles.